The van der Waals surface area contributed by atoms with Gasteiger partial charge in [0.05, 0.1) is 11.0 Å². The maximum atomic E-state index is 2.83. The van der Waals surface area contributed by atoms with Crippen molar-refractivity contribution in [2.45, 2.75) is 157 Å². The fourth-order valence-electron chi connectivity index (χ4n) is 13.7. The van der Waals surface area contributed by atoms with Crippen molar-refractivity contribution in [2.75, 3.05) is 0 Å². The van der Waals surface area contributed by atoms with Gasteiger partial charge in [-0.05, 0) is 138 Å². The maximum Gasteiger partial charge on any atom is 0.252 e. The highest BCUT2D eigenvalue weighted by Gasteiger charge is 2.57. The van der Waals surface area contributed by atoms with Crippen LogP contribution in [0.3, 0.4) is 0 Å². The van der Waals surface area contributed by atoms with Gasteiger partial charge in [-0.15, -0.1) is 0 Å². The van der Waals surface area contributed by atoms with Crippen LogP contribution in [0.1, 0.15) is 158 Å². The molecule has 0 amide bonds. The number of fused-ring (bicyclic) bond motifs is 14. The summed E-state index contributed by atoms with van der Waals surface area (Å²) >= 11 is 0. The average molecular weight is 931 g/mol. The lowest BCUT2D eigenvalue weighted by Crippen LogP contribution is -2.77. The third kappa shape index (κ3) is 5.47. The van der Waals surface area contributed by atoms with Gasteiger partial charge in [-0.25, -0.2) is 0 Å². The molecule has 0 bridgehead atoms. The van der Waals surface area contributed by atoms with Gasteiger partial charge < -0.3 is 9.13 Å². The van der Waals surface area contributed by atoms with E-state index in [2.05, 4.69) is 237 Å². The minimum atomic E-state index is -3.05. The lowest BCUT2D eigenvalue weighted by Gasteiger charge is -2.43. The van der Waals surface area contributed by atoms with E-state index in [1.807, 2.05) is 0 Å². The fraction of sp³-hybridized carbons (Fsp3) is 0.364. The minimum absolute atomic E-state index is 0.00312. The van der Waals surface area contributed by atoms with E-state index in [-0.39, 0.29) is 39.2 Å². The predicted octanol–water partition coefficient (Wildman–Crippen LogP) is 12.5. The predicted molar refractivity (Wildman–Crippen MR) is 308 cm³/mol. The number of benzene rings is 7. The van der Waals surface area contributed by atoms with E-state index in [9.17, 15) is 0 Å². The van der Waals surface area contributed by atoms with E-state index in [1.54, 1.807) is 20.7 Å². The van der Waals surface area contributed by atoms with E-state index < -0.39 is 8.07 Å². The zero-order chi connectivity index (χ0) is 49.7. The average Bonchev–Trinajstić information content (AvgIpc) is 3.88. The summed E-state index contributed by atoms with van der Waals surface area (Å²) in [6.45, 7) is 43.2. The Morgan fingerprint density at radius 1 is 0.371 bits per heavy atom. The normalized spacial score (nSPS) is 15.7. The zero-order valence-electron chi connectivity index (χ0n) is 45.3. The molecule has 4 aliphatic heterocycles. The molecule has 7 aromatic carbocycles. The highest BCUT2D eigenvalue weighted by molar-refractivity contribution is 7.24. The summed E-state index contributed by atoms with van der Waals surface area (Å²) < 4.78 is 5.57. The number of hydrogen-bond donors (Lipinski definition) is 0. The van der Waals surface area contributed by atoms with Gasteiger partial charge in [-0.2, -0.15) is 0 Å². The lowest BCUT2D eigenvalue weighted by atomic mass is 9.34. The molecule has 9 aromatic rings. The molecule has 0 atom stereocenters. The molecule has 352 valence electrons. The van der Waals surface area contributed by atoms with Crippen molar-refractivity contribution in [3.8, 4) is 22.5 Å². The van der Waals surface area contributed by atoms with Crippen molar-refractivity contribution < 1.29 is 0 Å². The van der Waals surface area contributed by atoms with Gasteiger partial charge in [0, 0.05) is 44.0 Å². The summed E-state index contributed by atoms with van der Waals surface area (Å²) in [5.41, 5.74) is 23.9. The Hall–Kier alpha value is -5.58. The number of aromatic nitrogens is 2. The SMILES string of the molecule is CC(C)(C)c1ccc2c(c1)-c1cc(C(C)(C)C)ccc1[Si]21c2ccc3c4c2-n2c5c(cc(C(C)(C)C)cc5c5cc(C(C)(C)C)cc1c52)B4c1ccc(C(C)(C)C)c2c4ccc(C(C)(C)C)cc4n-3c12. The van der Waals surface area contributed by atoms with Gasteiger partial charge in [0.2, 0.25) is 0 Å². The van der Waals surface area contributed by atoms with Crippen LogP contribution < -0.4 is 37.1 Å². The van der Waals surface area contributed by atoms with Crippen LogP contribution in [0.15, 0.2) is 103 Å². The molecule has 4 heteroatoms. The van der Waals surface area contributed by atoms with Crippen LogP contribution in [-0.2, 0) is 32.5 Å². The summed E-state index contributed by atoms with van der Waals surface area (Å²) in [5.74, 6) is 0. The smallest absolute Gasteiger partial charge is 0.252 e. The van der Waals surface area contributed by atoms with Gasteiger partial charge in [-0.3, -0.25) is 0 Å². The quantitative estimate of drug-likeness (QED) is 0.134. The maximum absolute atomic E-state index is 3.05. The Balaban J connectivity index is 1.30. The first-order valence-corrected chi connectivity index (χ1v) is 28.3. The topological polar surface area (TPSA) is 9.86 Å². The van der Waals surface area contributed by atoms with Crippen molar-refractivity contribution in [3.05, 3.63) is 137 Å². The van der Waals surface area contributed by atoms with Crippen LogP contribution in [0.5, 0.6) is 0 Å². The molecule has 0 N–H and O–H groups in total. The van der Waals surface area contributed by atoms with E-state index in [0.29, 0.717) is 0 Å². The number of rotatable bonds is 0. The first-order chi connectivity index (χ1) is 32.5. The van der Waals surface area contributed by atoms with Crippen molar-refractivity contribution in [3.63, 3.8) is 0 Å². The zero-order valence-corrected chi connectivity index (χ0v) is 46.3. The van der Waals surface area contributed by atoms with E-state index >= 15 is 0 Å². The Morgan fingerprint density at radius 3 is 1.44 bits per heavy atom. The van der Waals surface area contributed by atoms with Gasteiger partial charge in [0.1, 0.15) is 0 Å². The molecule has 0 saturated carbocycles. The van der Waals surface area contributed by atoms with Gasteiger partial charge >= 0.3 is 0 Å². The summed E-state index contributed by atoms with van der Waals surface area (Å²) in [4.78, 5) is 0. The van der Waals surface area contributed by atoms with Crippen molar-refractivity contribution in [1.29, 1.82) is 0 Å². The standard InChI is InChI=1S/C66H71BN2Si/c1-61(2,3)36-20-26-51-42(29-36)43-30-37(62(4,5)6)21-27-52(43)70(51)53-28-25-49-56-60(53)69-57-44(45-32-40(65(13,14)15)35-54(70)58(45)69)31-39(64(10,11)12)33-48(57)67(56)47-24-23-46(66(16,17)18)55-41-22-19-38(63(7,8)9)34-50(41)68(49)59(47)55/h19-35H,1-18H3. The molecule has 0 unspecified atom stereocenters. The van der Waals surface area contributed by atoms with Crippen LogP contribution in [0.4, 0.5) is 0 Å². The second-order valence-corrected chi connectivity index (χ2v) is 32.0. The van der Waals surface area contributed by atoms with Crippen LogP contribution in [0.2, 0.25) is 0 Å². The third-order valence-electron chi connectivity index (χ3n) is 17.6. The second kappa shape index (κ2) is 13.1. The largest absolute Gasteiger partial charge is 0.310 e. The molecule has 0 fully saturated rings. The third-order valence-corrected chi connectivity index (χ3v) is 22.5. The number of hydrogen-bond acceptors (Lipinski definition) is 0. The molecule has 4 aliphatic rings. The van der Waals surface area contributed by atoms with Crippen LogP contribution in [-0.4, -0.2) is 23.9 Å². The molecule has 70 heavy (non-hydrogen) atoms. The first kappa shape index (κ1) is 44.4. The summed E-state index contributed by atoms with van der Waals surface area (Å²) in [7, 11) is -3.05. The van der Waals surface area contributed by atoms with Crippen LogP contribution in [0.25, 0.3) is 66.1 Å². The Kier molecular flexibility index (Phi) is 8.29. The van der Waals surface area contributed by atoms with Gasteiger partial charge in [-0.1, -0.05) is 203 Å². The van der Waals surface area contributed by atoms with E-state index in [4.69, 9.17) is 0 Å². The highest BCUT2D eigenvalue weighted by atomic mass is 28.3. The van der Waals surface area contributed by atoms with Crippen molar-refractivity contribution >= 4 is 95.5 Å². The lowest BCUT2D eigenvalue weighted by molar-refractivity contribution is 0.589. The van der Waals surface area contributed by atoms with E-state index in [0.717, 1.165) is 0 Å². The Morgan fingerprint density at radius 2 is 0.886 bits per heavy atom. The molecular formula is C66H71BN2Si. The summed E-state index contributed by atoms with van der Waals surface area (Å²) in [6, 6.07) is 43.8. The van der Waals surface area contributed by atoms with E-state index in [1.165, 1.54) is 116 Å². The fourth-order valence-corrected chi connectivity index (χ4v) is 19.3. The minimum Gasteiger partial charge on any atom is -0.310 e. The summed E-state index contributed by atoms with van der Waals surface area (Å²) in [6.07, 6.45) is 0. The van der Waals surface area contributed by atoms with Gasteiger partial charge in [0.15, 0.2) is 8.07 Å². The molecule has 2 nitrogen and oxygen atoms in total. The van der Waals surface area contributed by atoms with Crippen LogP contribution in [0, 0.1) is 0 Å². The van der Waals surface area contributed by atoms with Crippen LogP contribution >= 0.6 is 0 Å². The number of nitrogens with zero attached hydrogens (tertiary/aromatic N) is 2. The molecule has 6 heterocycles. The van der Waals surface area contributed by atoms with Crippen molar-refractivity contribution in [2.24, 2.45) is 0 Å². The highest BCUT2D eigenvalue weighted by Crippen LogP contribution is 2.47. The monoisotopic (exact) mass is 931 g/mol. The molecule has 13 rings (SSSR count). The molecule has 0 radical (unpaired) electrons. The van der Waals surface area contributed by atoms with Crippen molar-refractivity contribution in [1.82, 2.24) is 9.13 Å². The molecule has 0 aliphatic carbocycles. The molecule has 1 spiro atoms. The summed E-state index contributed by atoms with van der Waals surface area (Å²) in [5, 5.41) is 11.8. The molecule has 2 aromatic heterocycles. The molecule has 0 saturated heterocycles. The Bertz CT molecular complexity index is 3820. The Labute approximate surface area is 418 Å². The molecular weight excluding hydrogens is 860 g/mol. The first-order valence-electron chi connectivity index (χ1n) is 26.3. The second-order valence-electron chi connectivity index (χ2n) is 28.3. The van der Waals surface area contributed by atoms with Gasteiger partial charge in [0.25, 0.3) is 6.71 Å².